The first-order valence-electron chi connectivity index (χ1n) is 15.3. The topological polar surface area (TPSA) is 319 Å². The van der Waals surface area contributed by atoms with Crippen LogP contribution in [0.1, 0.15) is 0 Å². The van der Waals surface area contributed by atoms with Crippen molar-refractivity contribution in [3.05, 3.63) is 109 Å². The third-order valence-corrected chi connectivity index (χ3v) is 11.2. The van der Waals surface area contributed by atoms with Gasteiger partial charge in [0.05, 0.1) is 42.3 Å². The van der Waals surface area contributed by atoms with Crippen LogP contribution < -0.4 is 129 Å². The van der Waals surface area contributed by atoms with Gasteiger partial charge >= 0.3 is 124 Å². The van der Waals surface area contributed by atoms with Crippen molar-refractivity contribution in [2.75, 3.05) is 10.6 Å². The molecule has 19 nitrogen and oxygen atoms in total. The Balaban J connectivity index is 0.00000310. The first kappa shape index (κ1) is 54.1. The Morgan fingerprint density at radius 3 is 0.983 bits per heavy atom. The summed E-state index contributed by atoms with van der Waals surface area (Å²) < 4.78 is 142. The van der Waals surface area contributed by atoms with E-state index in [1.807, 2.05) is 0 Å². The van der Waals surface area contributed by atoms with Crippen LogP contribution in [0.5, 0.6) is 0 Å². The van der Waals surface area contributed by atoms with Gasteiger partial charge in [-0.2, -0.15) is 20.5 Å². The number of azo groups is 2. The van der Waals surface area contributed by atoms with Crippen LogP contribution in [-0.4, -0.2) is 57.9 Å². The number of benzene rings is 6. The van der Waals surface area contributed by atoms with Crippen molar-refractivity contribution in [2.45, 2.75) is 19.6 Å². The summed E-state index contributed by atoms with van der Waals surface area (Å²) in [4.78, 5) is 9.53. The first-order chi connectivity index (χ1) is 26.2. The van der Waals surface area contributed by atoms with Crippen LogP contribution >= 0.6 is 0 Å². The predicted octanol–water partition coefficient (Wildman–Crippen LogP) is -5.90. The molecule has 0 aliphatic heterocycles. The molecule has 0 saturated heterocycles. The molecule has 0 unspecified atom stereocenters. The second kappa shape index (κ2) is 21.6. The van der Waals surface area contributed by atoms with E-state index >= 15 is 0 Å². The molecule has 6 aromatic carbocycles. The molecule has 6 aromatic rings. The van der Waals surface area contributed by atoms with Gasteiger partial charge in [-0.3, -0.25) is 0 Å². The summed E-state index contributed by atoms with van der Waals surface area (Å²) in [5.41, 5.74) is 0.518. The summed E-state index contributed by atoms with van der Waals surface area (Å²) in [6.45, 7) is 0. The van der Waals surface area contributed by atoms with Crippen LogP contribution in [0.3, 0.4) is 0 Å². The largest absolute Gasteiger partial charge is 1.00 e. The summed E-state index contributed by atoms with van der Waals surface area (Å²) in [6, 6.07) is 21.3. The van der Waals surface area contributed by atoms with Crippen LogP contribution in [0.25, 0.3) is 21.5 Å². The van der Waals surface area contributed by atoms with Crippen LogP contribution in [0, 0.1) is 0 Å². The third-order valence-electron chi connectivity index (χ3n) is 7.70. The van der Waals surface area contributed by atoms with Gasteiger partial charge in [0.1, 0.15) is 40.5 Å². The van der Waals surface area contributed by atoms with E-state index < -0.39 is 66.1 Å². The summed E-state index contributed by atoms with van der Waals surface area (Å²) >= 11 is 0. The van der Waals surface area contributed by atoms with E-state index in [-0.39, 0.29) is 163 Å². The van der Waals surface area contributed by atoms with Crippen molar-refractivity contribution >= 4 is 102 Å². The van der Waals surface area contributed by atoms with Gasteiger partial charge in [-0.15, -0.1) is 0 Å². The summed E-state index contributed by atoms with van der Waals surface area (Å²) in [6.07, 6.45) is 0. The number of urea groups is 1. The van der Waals surface area contributed by atoms with E-state index in [2.05, 4.69) is 31.1 Å². The molecule has 0 atom stereocenters. The van der Waals surface area contributed by atoms with Crippen LogP contribution in [-0.2, 0) is 40.5 Å². The van der Waals surface area contributed by atoms with Crippen molar-refractivity contribution in [1.82, 2.24) is 0 Å². The molecule has 0 aliphatic carbocycles. The molecular formula is C33H20N6Na4O13S4. The van der Waals surface area contributed by atoms with Gasteiger partial charge in [-0.05, 0) is 84.9 Å². The molecule has 27 heteroatoms. The fourth-order valence-corrected chi connectivity index (χ4v) is 8.12. The molecule has 0 heterocycles. The molecule has 0 saturated carbocycles. The fourth-order valence-electron chi connectivity index (χ4n) is 5.33. The summed E-state index contributed by atoms with van der Waals surface area (Å²) in [5.74, 6) is 0. The minimum absolute atomic E-state index is 0. The van der Waals surface area contributed by atoms with Crippen LogP contribution in [0.2, 0.25) is 0 Å². The van der Waals surface area contributed by atoms with E-state index in [4.69, 9.17) is 0 Å². The van der Waals surface area contributed by atoms with Crippen LogP contribution in [0.4, 0.5) is 38.9 Å². The van der Waals surface area contributed by atoms with Gasteiger partial charge in [-0.25, -0.2) is 38.5 Å². The molecule has 0 bridgehead atoms. The Kier molecular flexibility index (Phi) is 19.4. The maximum absolute atomic E-state index is 12.6. The zero-order chi connectivity index (χ0) is 40.6. The number of rotatable bonds is 10. The zero-order valence-corrected chi connectivity index (χ0v) is 42.9. The van der Waals surface area contributed by atoms with Crippen molar-refractivity contribution in [3.8, 4) is 0 Å². The Labute approximate surface area is 431 Å². The SMILES string of the molecule is O=C(Nc1ccc(N=Nc2cc(S(=O)(=O)[O-])c3cccc(S(=O)(=O)[O-])c3c2)cc1)Nc1ccc(N=Nc2cc(S(=O)(=O)[O-])c3cccc(S(=O)(=O)[O-])c3c2)cc1.[Na+].[Na+].[Na+].[Na+]. The monoisotopic (exact) mass is 928 g/mol. The van der Waals surface area contributed by atoms with Crippen molar-refractivity contribution in [2.24, 2.45) is 20.5 Å². The third kappa shape index (κ3) is 13.5. The molecule has 0 aliphatic rings. The van der Waals surface area contributed by atoms with E-state index in [1.165, 1.54) is 60.7 Å². The van der Waals surface area contributed by atoms with Crippen molar-refractivity contribution in [1.29, 1.82) is 0 Å². The average Bonchev–Trinajstić information content (AvgIpc) is 3.11. The molecule has 0 radical (unpaired) electrons. The number of nitrogens with zero attached hydrogens (tertiary/aromatic N) is 4. The normalized spacial score (nSPS) is 11.9. The molecule has 0 spiro atoms. The van der Waals surface area contributed by atoms with Gasteiger partial charge in [-0.1, -0.05) is 24.3 Å². The van der Waals surface area contributed by atoms with Crippen molar-refractivity contribution < 1.29 is 175 Å². The fraction of sp³-hybridized carbons (Fsp3) is 0. The number of hydrogen-bond donors (Lipinski definition) is 2. The van der Waals surface area contributed by atoms with Gasteiger partial charge in [0.15, 0.2) is 0 Å². The molecule has 6 rings (SSSR count). The Hall–Kier alpha value is -2.05. The second-order valence-corrected chi connectivity index (χ2v) is 16.9. The Morgan fingerprint density at radius 2 is 0.683 bits per heavy atom. The molecule has 2 N–H and O–H groups in total. The van der Waals surface area contributed by atoms with E-state index in [1.54, 1.807) is 0 Å². The zero-order valence-electron chi connectivity index (χ0n) is 31.6. The van der Waals surface area contributed by atoms with Gasteiger partial charge in [0.2, 0.25) is 0 Å². The molecule has 0 fully saturated rings. The minimum atomic E-state index is -5.12. The number of carbonyl (C=O) groups is 1. The number of fused-ring (bicyclic) bond motifs is 2. The quantitative estimate of drug-likeness (QED) is 0.0736. The Bertz CT molecular complexity index is 2900. The van der Waals surface area contributed by atoms with E-state index in [0.29, 0.717) is 11.4 Å². The predicted molar refractivity (Wildman–Crippen MR) is 194 cm³/mol. The number of carbonyl (C=O) groups excluding carboxylic acids is 1. The number of nitrogens with one attached hydrogen (secondary N) is 2. The van der Waals surface area contributed by atoms with Gasteiger partial charge in [0, 0.05) is 32.9 Å². The first-order valence-corrected chi connectivity index (χ1v) is 20.9. The smallest absolute Gasteiger partial charge is 0.744 e. The standard InChI is InChI=1S/C33H24N6O13S4.4Na/c40-33(34-19-7-11-21(12-8-19)36-38-23-15-27-25(31(17-23)55(47,48)49)3-1-5-29(27)53(41,42)43)35-20-9-13-22(14-10-20)37-39-24-16-28-26(32(18-24)56(50,51)52)4-2-6-30(28)54(44,45)46;;;;/h1-18H,(H2,34,35,40)(H,41,42,43)(H,44,45,46)(H,47,48,49)(H,50,51,52);;;;/q;4*+1/p-4. The number of hydrogen-bond acceptors (Lipinski definition) is 17. The van der Waals surface area contributed by atoms with Crippen molar-refractivity contribution in [3.63, 3.8) is 0 Å². The summed E-state index contributed by atoms with van der Waals surface area (Å²) in [5, 5.41) is 19.6. The average molecular weight is 929 g/mol. The Morgan fingerprint density at radius 1 is 0.383 bits per heavy atom. The van der Waals surface area contributed by atoms with Crippen LogP contribution in [0.15, 0.2) is 149 Å². The van der Waals surface area contributed by atoms with E-state index in [9.17, 15) is 56.7 Å². The molecule has 288 valence electrons. The summed E-state index contributed by atoms with van der Waals surface area (Å²) in [7, 11) is -20.3. The van der Waals surface area contributed by atoms with Gasteiger partial charge in [0.25, 0.3) is 0 Å². The molecule has 2 amide bonds. The van der Waals surface area contributed by atoms with Gasteiger partial charge < -0.3 is 28.8 Å². The number of amides is 2. The maximum Gasteiger partial charge on any atom is 1.00 e. The second-order valence-electron chi connectivity index (χ2n) is 11.5. The molecule has 60 heavy (non-hydrogen) atoms. The molecular weight excluding hydrogens is 909 g/mol. The maximum atomic E-state index is 12.6. The molecule has 0 aromatic heterocycles. The number of anilines is 2. The minimum Gasteiger partial charge on any atom is -0.744 e. The van der Waals surface area contributed by atoms with E-state index in [0.717, 1.165) is 48.5 Å².